The number of fused-ring (bicyclic) bond motifs is 2. The van der Waals surface area contributed by atoms with E-state index in [0.29, 0.717) is 23.4 Å². The summed E-state index contributed by atoms with van der Waals surface area (Å²) in [6.07, 6.45) is 9.52. The highest BCUT2D eigenvalue weighted by Gasteiger charge is 2.53. The van der Waals surface area contributed by atoms with Gasteiger partial charge in [-0.05, 0) is 112 Å². The van der Waals surface area contributed by atoms with Gasteiger partial charge in [0.05, 0.1) is 4.90 Å². The van der Waals surface area contributed by atoms with Gasteiger partial charge in [-0.1, -0.05) is 22.0 Å². The Bertz CT molecular complexity index is 1260. The lowest BCUT2D eigenvalue weighted by Crippen LogP contribution is -2.40. The van der Waals surface area contributed by atoms with Gasteiger partial charge in [0, 0.05) is 33.7 Å². The quantitative estimate of drug-likeness (QED) is 0.520. The third-order valence-corrected chi connectivity index (χ3v) is 10.9. The molecule has 2 aromatic carbocycles. The number of amides is 1. The first-order chi connectivity index (χ1) is 16.2. The summed E-state index contributed by atoms with van der Waals surface area (Å²) < 4.78 is 29.8. The second kappa shape index (κ2) is 7.90. The summed E-state index contributed by atoms with van der Waals surface area (Å²) >= 11 is 3.64. The molecule has 4 aliphatic rings. The Morgan fingerprint density at radius 2 is 1.76 bits per heavy atom. The zero-order valence-corrected chi connectivity index (χ0v) is 21.9. The number of sulfonamides is 1. The fraction of sp³-hybridized carbons (Fsp3) is 0.519. The van der Waals surface area contributed by atoms with Crippen LogP contribution in [0.2, 0.25) is 0 Å². The van der Waals surface area contributed by atoms with Gasteiger partial charge in [-0.25, -0.2) is 13.1 Å². The van der Waals surface area contributed by atoms with Gasteiger partial charge in [-0.3, -0.25) is 4.79 Å². The number of carbonyl (C=O) groups is 1. The van der Waals surface area contributed by atoms with Crippen molar-refractivity contribution < 1.29 is 13.2 Å². The van der Waals surface area contributed by atoms with Crippen molar-refractivity contribution >= 4 is 37.5 Å². The lowest BCUT2D eigenvalue weighted by atomic mass is 9.66. The molecule has 0 saturated heterocycles. The molecule has 3 saturated carbocycles. The van der Waals surface area contributed by atoms with Gasteiger partial charge in [-0.2, -0.15) is 0 Å². The fourth-order valence-corrected chi connectivity index (χ4v) is 7.86. The number of nitrogens with one attached hydrogen (secondary N) is 1. The third-order valence-electron chi connectivity index (χ3n) is 8.81. The third kappa shape index (κ3) is 3.94. The zero-order valence-electron chi connectivity index (χ0n) is 19.5. The monoisotopic (exact) mass is 542 g/mol. The molecule has 1 unspecified atom stereocenters. The van der Waals surface area contributed by atoms with Crippen molar-refractivity contribution in [1.29, 1.82) is 0 Å². The molecular formula is C27H31BrN2O3S. The molecule has 7 heteroatoms. The summed E-state index contributed by atoms with van der Waals surface area (Å²) in [6.45, 7) is 2.58. The van der Waals surface area contributed by atoms with Gasteiger partial charge in [-0.15, -0.1) is 0 Å². The van der Waals surface area contributed by atoms with Crippen molar-refractivity contribution in [3.05, 3.63) is 58.1 Å². The fourth-order valence-electron chi connectivity index (χ4n) is 6.14. The molecule has 5 nitrogen and oxygen atoms in total. The smallest absolute Gasteiger partial charge is 0.258 e. The van der Waals surface area contributed by atoms with E-state index in [1.807, 2.05) is 24.0 Å². The number of benzene rings is 2. The maximum Gasteiger partial charge on any atom is 0.258 e. The van der Waals surface area contributed by atoms with Gasteiger partial charge >= 0.3 is 0 Å². The molecule has 34 heavy (non-hydrogen) atoms. The molecule has 2 aromatic rings. The average Bonchev–Trinajstić information content (AvgIpc) is 3.75. The highest BCUT2D eigenvalue weighted by atomic mass is 79.9. The van der Waals surface area contributed by atoms with E-state index in [4.69, 9.17) is 0 Å². The lowest BCUT2D eigenvalue weighted by Gasteiger charge is -2.38. The Labute approximate surface area is 210 Å². The van der Waals surface area contributed by atoms with Gasteiger partial charge in [0.25, 0.3) is 5.91 Å². The van der Waals surface area contributed by atoms with E-state index in [-0.39, 0.29) is 22.3 Å². The second-order valence-corrected chi connectivity index (χ2v) is 13.7. The van der Waals surface area contributed by atoms with Crippen LogP contribution in [-0.4, -0.2) is 26.9 Å². The molecule has 1 heterocycles. The van der Waals surface area contributed by atoms with Crippen molar-refractivity contribution in [2.24, 2.45) is 11.3 Å². The van der Waals surface area contributed by atoms with Crippen LogP contribution in [0.25, 0.3) is 0 Å². The van der Waals surface area contributed by atoms with E-state index in [0.717, 1.165) is 35.8 Å². The molecule has 0 bridgehead atoms. The Morgan fingerprint density at radius 1 is 1.06 bits per heavy atom. The Balaban J connectivity index is 1.29. The maximum absolute atomic E-state index is 13.8. The van der Waals surface area contributed by atoms with Crippen molar-refractivity contribution in [3.63, 3.8) is 0 Å². The number of hydrogen-bond donors (Lipinski definition) is 1. The van der Waals surface area contributed by atoms with Gasteiger partial charge in [0.1, 0.15) is 0 Å². The summed E-state index contributed by atoms with van der Waals surface area (Å²) in [5.74, 6) is 0.293. The Hall–Kier alpha value is -1.70. The van der Waals surface area contributed by atoms with E-state index in [1.54, 1.807) is 18.2 Å². The highest BCUT2D eigenvalue weighted by molar-refractivity contribution is 9.10. The largest absolute Gasteiger partial charge is 0.307 e. The Kier molecular flexibility index (Phi) is 5.29. The normalized spacial score (nSPS) is 23.2. The summed E-state index contributed by atoms with van der Waals surface area (Å²) in [5, 5.41) is 0. The van der Waals surface area contributed by atoms with E-state index in [9.17, 15) is 13.2 Å². The van der Waals surface area contributed by atoms with Crippen molar-refractivity contribution in [1.82, 2.24) is 4.72 Å². The molecule has 180 valence electrons. The number of hydrogen-bond acceptors (Lipinski definition) is 3. The molecule has 1 amide bonds. The van der Waals surface area contributed by atoms with E-state index >= 15 is 0 Å². The zero-order chi connectivity index (χ0) is 23.7. The molecule has 1 N–H and O–H groups in total. The minimum absolute atomic E-state index is 0.00640. The maximum atomic E-state index is 13.8. The SMILES string of the molecule is CC(NS(=O)(=O)c1cccc(C(=O)N2CC3(CCC4(CC4)CC3)c3cc(Br)ccc32)c1)C1CC1. The van der Waals surface area contributed by atoms with E-state index < -0.39 is 10.0 Å². The minimum atomic E-state index is -3.67. The van der Waals surface area contributed by atoms with Crippen LogP contribution in [0.1, 0.15) is 74.2 Å². The number of rotatable bonds is 5. The molecule has 3 fully saturated rings. The van der Waals surface area contributed by atoms with Crippen molar-refractivity contribution in [2.75, 3.05) is 11.4 Å². The standard InChI is InChI=1S/C27H31BrN2O3S/c1-18(19-5-6-19)29-34(32,33)22-4-2-3-20(15-22)25(31)30-17-27(13-11-26(9-10-26)12-14-27)23-16-21(28)7-8-24(23)30/h2-4,7-8,15-16,18-19,29H,5-6,9-14,17H2,1H3. The molecule has 6 rings (SSSR count). The van der Waals surface area contributed by atoms with Crippen LogP contribution >= 0.6 is 15.9 Å². The molecule has 0 radical (unpaired) electrons. The molecule has 3 aliphatic carbocycles. The predicted molar refractivity (Wildman–Crippen MR) is 137 cm³/mol. The molecule has 1 aliphatic heterocycles. The van der Waals surface area contributed by atoms with E-state index in [1.165, 1.54) is 37.3 Å². The molecule has 0 aromatic heterocycles. The highest BCUT2D eigenvalue weighted by Crippen LogP contribution is 2.62. The lowest BCUT2D eigenvalue weighted by molar-refractivity contribution is 0.0980. The summed E-state index contributed by atoms with van der Waals surface area (Å²) in [5.41, 5.74) is 3.21. The number of anilines is 1. The summed E-state index contributed by atoms with van der Waals surface area (Å²) in [4.78, 5) is 15.8. The number of nitrogens with zero attached hydrogens (tertiary/aromatic N) is 1. The molecule has 1 atom stereocenters. The van der Waals surface area contributed by atoms with Gasteiger partial charge in [0.15, 0.2) is 0 Å². The first-order valence-electron chi connectivity index (χ1n) is 12.4. The van der Waals surface area contributed by atoms with Crippen LogP contribution in [-0.2, 0) is 15.4 Å². The van der Waals surface area contributed by atoms with Crippen LogP contribution in [0.15, 0.2) is 51.8 Å². The number of halogens is 1. The predicted octanol–water partition coefficient (Wildman–Crippen LogP) is 5.78. The summed E-state index contributed by atoms with van der Waals surface area (Å²) in [7, 11) is -3.67. The molecular weight excluding hydrogens is 512 g/mol. The van der Waals surface area contributed by atoms with Gasteiger partial charge in [0.2, 0.25) is 10.0 Å². The second-order valence-electron chi connectivity index (χ2n) is 11.1. The first-order valence-corrected chi connectivity index (χ1v) is 14.7. The van der Waals surface area contributed by atoms with Crippen molar-refractivity contribution in [3.8, 4) is 0 Å². The van der Waals surface area contributed by atoms with E-state index in [2.05, 4.69) is 26.7 Å². The summed E-state index contributed by atoms with van der Waals surface area (Å²) in [6, 6.07) is 12.6. The first kappa shape index (κ1) is 22.7. The molecule has 2 spiro atoms. The number of carbonyl (C=O) groups excluding carboxylic acids is 1. The van der Waals surface area contributed by atoms with Crippen LogP contribution < -0.4 is 9.62 Å². The van der Waals surface area contributed by atoms with Gasteiger partial charge < -0.3 is 4.90 Å². The van der Waals surface area contributed by atoms with Crippen LogP contribution in [0.5, 0.6) is 0 Å². The Morgan fingerprint density at radius 3 is 2.44 bits per heavy atom. The van der Waals surface area contributed by atoms with Crippen LogP contribution in [0, 0.1) is 11.3 Å². The van der Waals surface area contributed by atoms with Crippen molar-refractivity contribution in [2.45, 2.75) is 74.6 Å². The van der Waals surface area contributed by atoms with Crippen LogP contribution in [0.4, 0.5) is 5.69 Å². The van der Waals surface area contributed by atoms with Crippen LogP contribution in [0.3, 0.4) is 0 Å². The topological polar surface area (TPSA) is 66.5 Å². The average molecular weight is 544 g/mol. The minimum Gasteiger partial charge on any atom is -0.307 e.